The summed E-state index contributed by atoms with van der Waals surface area (Å²) >= 11 is 0. The molecule has 1 aliphatic rings. The lowest BCUT2D eigenvalue weighted by molar-refractivity contribution is -0.126. The summed E-state index contributed by atoms with van der Waals surface area (Å²) in [5, 5.41) is 6.88. The molecule has 0 saturated carbocycles. The predicted octanol–water partition coefficient (Wildman–Crippen LogP) is -0.0743. The van der Waals surface area contributed by atoms with E-state index in [-0.39, 0.29) is 24.2 Å². The van der Waals surface area contributed by atoms with E-state index in [0.717, 1.165) is 12.1 Å². The molecule has 1 aromatic rings. The molecule has 2 rings (SSSR count). The molecule has 1 aliphatic heterocycles. The molecule has 0 radical (unpaired) electrons. The third-order valence-corrected chi connectivity index (χ3v) is 3.32. The lowest BCUT2D eigenvalue weighted by Crippen LogP contribution is -2.33. The van der Waals surface area contributed by atoms with Crippen molar-refractivity contribution in [2.75, 3.05) is 31.7 Å². The van der Waals surface area contributed by atoms with E-state index in [0.29, 0.717) is 19.7 Å². The predicted molar refractivity (Wildman–Crippen MR) is 73.2 cm³/mol. The molecule has 1 saturated heterocycles. The molecular formula is C13H20N4O3. The quantitative estimate of drug-likeness (QED) is 0.740. The van der Waals surface area contributed by atoms with Gasteiger partial charge in [-0.15, -0.1) is 0 Å². The third-order valence-electron chi connectivity index (χ3n) is 3.32. The molecule has 20 heavy (non-hydrogen) atoms. The van der Waals surface area contributed by atoms with Gasteiger partial charge in [-0.3, -0.25) is 14.3 Å². The van der Waals surface area contributed by atoms with Crippen molar-refractivity contribution in [2.24, 2.45) is 13.0 Å². The van der Waals surface area contributed by atoms with Gasteiger partial charge in [-0.2, -0.15) is 5.10 Å². The molecule has 110 valence electrons. The number of ether oxygens (including phenoxy) is 1. The summed E-state index contributed by atoms with van der Waals surface area (Å²) < 4.78 is 6.56. The van der Waals surface area contributed by atoms with Crippen LogP contribution in [0.4, 0.5) is 5.69 Å². The minimum absolute atomic E-state index is 0.0324. The SMILES string of the molecule is COCCCNC(=O)[C@H]1CC(=O)N(c2cnn(C)c2)C1. The van der Waals surface area contributed by atoms with Crippen LogP contribution < -0.4 is 10.2 Å². The maximum atomic E-state index is 12.0. The zero-order valence-corrected chi connectivity index (χ0v) is 11.8. The number of nitrogens with one attached hydrogen (secondary N) is 1. The molecule has 0 aromatic carbocycles. The zero-order valence-electron chi connectivity index (χ0n) is 11.8. The Morgan fingerprint density at radius 3 is 3.05 bits per heavy atom. The number of anilines is 1. The Hall–Kier alpha value is -1.89. The van der Waals surface area contributed by atoms with Gasteiger partial charge in [0.1, 0.15) is 0 Å². The van der Waals surface area contributed by atoms with E-state index in [9.17, 15) is 9.59 Å². The summed E-state index contributed by atoms with van der Waals surface area (Å²) in [5.41, 5.74) is 0.743. The lowest BCUT2D eigenvalue weighted by Gasteiger charge is -2.14. The molecule has 0 bridgehead atoms. The van der Waals surface area contributed by atoms with Crippen LogP contribution in [0.5, 0.6) is 0 Å². The first-order valence-corrected chi connectivity index (χ1v) is 6.67. The van der Waals surface area contributed by atoms with Crippen molar-refractivity contribution in [3.8, 4) is 0 Å². The summed E-state index contributed by atoms with van der Waals surface area (Å²) in [7, 11) is 3.42. The van der Waals surface area contributed by atoms with E-state index >= 15 is 0 Å². The van der Waals surface area contributed by atoms with Gasteiger partial charge in [0.15, 0.2) is 0 Å². The second kappa shape index (κ2) is 6.51. The van der Waals surface area contributed by atoms with Crippen LogP contribution in [0.3, 0.4) is 0 Å². The van der Waals surface area contributed by atoms with Gasteiger partial charge < -0.3 is 15.0 Å². The van der Waals surface area contributed by atoms with Gasteiger partial charge in [-0.1, -0.05) is 0 Å². The van der Waals surface area contributed by atoms with Crippen LogP contribution in [-0.2, 0) is 21.4 Å². The highest BCUT2D eigenvalue weighted by Gasteiger charge is 2.35. The summed E-state index contributed by atoms with van der Waals surface area (Å²) in [6.07, 6.45) is 4.44. The third kappa shape index (κ3) is 3.36. The van der Waals surface area contributed by atoms with E-state index in [4.69, 9.17) is 4.74 Å². The van der Waals surface area contributed by atoms with Gasteiger partial charge in [0, 0.05) is 46.5 Å². The first-order chi connectivity index (χ1) is 9.61. The Morgan fingerprint density at radius 1 is 1.60 bits per heavy atom. The van der Waals surface area contributed by atoms with Crippen LogP contribution in [0.2, 0.25) is 0 Å². The fraction of sp³-hybridized carbons (Fsp3) is 0.615. The largest absolute Gasteiger partial charge is 0.385 e. The van der Waals surface area contributed by atoms with Gasteiger partial charge in [-0.05, 0) is 6.42 Å². The fourth-order valence-electron chi connectivity index (χ4n) is 2.25. The second-order valence-electron chi connectivity index (χ2n) is 4.91. The van der Waals surface area contributed by atoms with Crippen molar-refractivity contribution < 1.29 is 14.3 Å². The van der Waals surface area contributed by atoms with Crippen molar-refractivity contribution in [1.82, 2.24) is 15.1 Å². The Balaban J connectivity index is 1.87. The summed E-state index contributed by atoms with van der Waals surface area (Å²) in [6.45, 7) is 1.61. The number of rotatable bonds is 6. The smallest absolute Gasteiger partial charge is 0.227 e. The van der Waals surface area contributed by atoms with E-state index in [1.165, 1.54) is 0 Å². The lowest BCUT2D eigenvalue weighted by atomic mass is 10.1. The molecule has 1 fully saturated rings. The highest BCUT2D eigenvalue weighted by atomic mass is 16.5. The van der Waals surface area contributed by atoms with Crippen LogP contribution in [0, 0.1) is 5.92 Å². The number of aromatic nitrogens is 2. The Morgan fingerprint density at radius 2 is 2.40 bits per heavy atom. The number of hydrogen-bond acceptors (Lipinski definition) is 4. The van der Waals surface area contributed by atoms with Crippen molar-refractivity contribution in [2.45, 2.75) is 12.8 Å². The molecule has 1 N–H and O–H groups in total. The molecule has 2 heterocycles. The van der Waals surface area contributed by atoms with E-state index in [2.05, 4.69) is 10.4 Å². The molecular weight excluding hydrogens is 260 g/mol. The van der Waals surface area contributed by atoms with Gasteiger partial charge >= 0.3 is 0 Å². The summed E-state index contributed by atoms with van der Waals surface area (Å²) in [4.78, 5) is 25.6. The maximum absolute atomic E-state index is 12.0. The molecule has 0 spiro atoms. The number of aryl methyl sites for hydroxylation is 1. The first-order valence-electron chi connectivity index (χ1n) is 6.67. The number of nitrogens with zero attached hydrogens (tertiary/aromatic N) is 3. The van der Waals surface area contributed by atoms with Crippen molar-refractivity contribution in [1.29, 1.82) is 0 Å². The fourth-order valence-corrected chi connectivity index (χ4v) is 2.25. The summed E-state index contributed by atoms with van der Waals surface area (Å²) in [6, 6.07) is 0. The Kier molecular flexibility index (Phi) is 4.73. The molecule has 1 aromatic heterocycles. The molecule has 0 aliphatic carbocycles. The van der Waals surface area contributed by atoms with Gasteiger partial charge in [0.05, 0.1) is 17.8 Å². The number of methoxy groups -OCH3 is 1. The maximum Gasteiger partial charge on any atom is 0.227 e. The highest BCUT2D eigenvalue weighted by molar-refractivity contribution is 6.00. The van der Waals surface area contributed by atoms with Gasteiger partial charge in [0.2, 0.25) is 11.8 Å². The van der Waals surface area contributed by atoms with Crippen LogP contribution in [0.25, 0.3) is 0 Å². The topological polar surface area (TPSA) is 76.5 Å². The monoisotopic (exact) mass is 280 g/mol. The van der Waals surface area contributed by atoms with Gasteiger partial charge in [-0.25, -0.2) is 0 Å². The van der Waals surface area contributed by atoms with Crippen LogP contribution >= 0.6 is 0 Å². The minimum atomic E-state index is -0.287. The van der Waals surface area contributed by atoms with Crippen molar-refractivity contribution >= 4 is 17.5 Å². The zero-order chi connectivity index (χ0) is 14.5. The minimum Gasteiger partial charge on any atom is -0.385 e. The average molecular weight is 280 g/mol. The van der Waals surface area contributed by atoms with E-state index in [1.54, 1.807) is 36.1 Å². The molecule has 7 heteroatoms. The second-order valence-corrected chi connectivity index (χ2v) is 4.91. The molecule has 0 unspecified atom stereocenters. The van der Waals surface area contributed by atoms with Crippen LogP contribution in [0.1, 0.15) is 12.8 Å². The highest BCUT2D eigenvalue weighted by Crippen LogP contribution is 2.24. The van der Waals surface area contributed by atoms with Gasteiger partial charge in [0.25, 0.3) is 0 Å². The average Bonchev–Trinajstić information content (AvgIpc) is 3.00. The first kappa shape index (κ1) is 14.5. The Labute approximate surface area is 117 Å². The normalized spacial score (nSPS) is 18.6. The molecule has 7 nitrogen and oxygen atoms in total. The molecule has 1 atom stereocenters. The van der Waals surface area contributed by atoms with E-state index < -0.39 is 0 Å². The Bertz CT molecular complexity index is 486. The van der Waals surface area contributed by atoms with Crippen LogP contribution in [0.15, 0.2) is 12.4 Å². The number of carbonyl (C=O) groups excluding carboxylic acids is 2. The molecule has 2 amide bonds. The number of carbonyl (C=O) groups is 2. The summed E-state index contributed by atoms with van der Waals surface area (Å²) in [5.74, 6) is -0.388. The number of hydrogen-bond donors (Lipinski definition) is 1. The van der Waals surface area contributed by atoms with E-state index in [1.807, 2.05) is 0 Å². The van der Waals surface area contributed by atoms with Crippen molar-refractivity contribution in [3.05, 3.63) is 12.4 Å². The number of amides is 2. The van der Waals surface area contributed by atoms with Crippen LogP contribution in [-0.4, -0.2) is 48.4 Å². The van der Waals surface area contributed by atoms with Crippen molar-refractivity contribution in [3.63, 3.8) is 0 Å². The standard InChI is InChI=1S/C13H20N4O3/c1-16-9-11(7-15-16)17-8-10(6-12(17)18)13(19)14-4-3-5-20-2/h7,9-10H,3-6,8H2,1-2H3,(H,14,19)/t10-/m0/s1.